The third-order valence-corrected chi connectivity index (χ3v) is 5.29. The predicted molar refractivity (Wildman–Crippen MR) is 122 cm³/mol. The predicted octanol–water partition coefficient (Wildman–Crippen LogP) is 4.39. The number of rotatable bonds is 2. The summed E-state index contributed by atoms with van der Waals surface area (Å²) < 4.78 is 11.2. The molecule has 3 rings (SSSR count). The molecule has 154 valence electrons. The Kier molecular flexibility index (Phi) is 6.19. The molecule has 0 saturated carbocycles. The number of ether oxygens (including phenoxy) is 2. The van der Waals surface area contributed by atoms with Gasteiger partial charge < -0.3 is 9.47 Å². The second-order valence-corrected chi connectivity index (χ2v) is 12.9. The van der Waals surface area contributed by atoms with E-state index < -0.39 is 8.07 Å². The minimum absolute atomic E-state index is 0.356. The molecule has 1 amide bonds. The number of aromatic nitrogens is 1. The maximum absolute atomic E-state index is 12.9. The van der Waals surface area contributed by atoms with Crippen LogP contribution in [-0.4, -0.2) is 32.2 Å². The summed E-state index contributed by atoms with van der Waals surface area (Å²) in [6, 6.07) is 7.51. The average molecular weight is 419 g/mol. The number of fused-ring (bicyclic) bond motifs is 1. The highest BCUT2D eigenvalue weighted by Gasteiger charge is 2.23. The first-order chi connectivity index (χ1) is 14.2. The van der Waals surface area contributed by atoms with Crippen molar-refractivity contribution in [3.05, 3.63) is 41.0 Å². The number of hydrogen-bond donors (Lipinski definition) is 0. The number of carbonyl (C=O) groups excluding carboxylic acids is 1. The molecule has 1 aromatic carbocycles. The second kappa shape index (κ2) is 8.65. The molecular weight excluding hydrogens is 392 g/mol. The fourth-order valence-corrected chi connectivity index (χ4v) is 3.49. The first kappa shape index (κ1) is 21.5. The van der Waals surface area contributed by atoms with Crippen molar-refractivity contribution in [2.45, 2.75) is 40.4 Å². The molecular formula is C24H26N2O3Si. The van der Waals surface area contributed by atoms with Gasteiger partial charge in [0.1, 0.15) is 27.1 Å². The second-order valence-electron chi connectivity index (χ2n) is 8.14. The highest BCUT2D eigenvalue weighted by molar-refractivity contribution is 6.83. The van der Waals surface area contributed by atoms with E-state index in [1.165, 1.54) is 4.90 Å². The van der Waals surface area contributed by atoms with Crippen molar-refractivity contribution in [1.29, 1.82) is 0 Å². The minimum Gasteiger partial charge on any atom is -0.484 e. The Hall–Kier alpha value is -3.22. The van der Waals surface area contributed by atoms with Gasteiger partial charge in [-0.2, -0.15) is 4.98 Å². The number of hydrogen-bond acceptors (Lipinski definition) is 4. The van der Waals surface area contributed by atoms with Gasteiger partial charge in [-0.1, -0.05) is 31.5 Å². The number of anilines is 2. The van der Waals surface area contributed by atoms with Crippen LogP contribution in [0.25, 0.3) is 0 Å². The van der Waals surface area contributed by atoms with Gasteiger partial charge in [0.2, 0.25) is 0 Å². The van der Waals surface area contributed by atoms with Crippen molar-refractivity contribution < 1.29 is 14.3 Å². The van der Waals surface area contributed by atoms with E-state index in [2.05, 4.69) is 47.9 Å². The molecule has 0 atom stereocenters. The van der Waals surface area contributed by atoms with Crippen molar-refractivity contribution in [3.63, 3.8) is 0 Å². The zero-order chi connectivity index (χ0) is 21.9. The summed E-state index contributed by atoms with van der Waals surface area (Å²) in [6.45, 7) is 13.2. The Labute approximate surface area is 179 Å². The molecule has 0 radical (unpaired) electrons. The Balaban J connectivity index is 2.11. The monoisotopic (exact) mass is 418 g/mol. The summed E-state index contributed by atoms with van der Waals surface area (Å²) in [5, 5.41) is 0. The molecule has 0 unspecified atom stereocenters. The van der Waals surface area contributed by atoms with Crippen LogP contribution in [0.3, 0.4) is 0 Å². The van der Waals surface area contributed by atoms with Crippen LogP contribution in [0.5, 0.6) is 11.6 Å². The van der Waals surface area contributed by atoms with Crippen LogP contribution in [0.4, 0.5) is 11.5 Å². The normalized spacial score (nSPS) is 12.2. The quantitative estimate of drug-likeness (QED) is 0.536. The summed E-state index contributed by atoms with van der Waals surface area (Å²) >= 11 is 0. The summed E-state index contributed by atoms with van der Waals surface area (Å²) in [6.07, 6.45) is 0. The number of aryl methyl sites for hydroxylation is 2. The number of amides is 1. The maximum atomic E-state index is 12.9. The molecule has 1 aliphatic rings. The number of benzene rings is 1. The summed E-state index contributed by atoms with van der Waals surface area (Å²) in [4.78, 5) is 19.0. The van der Waals surface area contributed by atoms with Gasteiger partial charge in [0, 0.05) is 5.56 Å². The largest absolute Gasteiger partial charge is 0.484 e. The van der Waals surface area contributed by atoms with Crippen molar-refractivity contribution >= 4 is 25.5 Å². The van der Waals surface area contributed by atoms with E-state index in [-0.39, 0.29) is 5.91 Å². The number of carbonyl (C=O) groups is 1. The van der Waals surface area contributed by atoms with E-state index >= 15 is 0 Å². The first-order valence-electron chi connectivity index (χ1n) is 9.87. The SMILES string of the molecule is CC#CC(=O)N(c1ccc2c(n1)OCCO2)c1cc(C)c(C#C[Si](C)(C)C)cc1C. The van der Waals surface area contributed by atoms with E-state index in [1.807, 2.05) is 26.0 Å². The summed E-state index contributed by atoms with van der Waals surface area (Å²) in [5.41, 5.74) is 7.03. The summed E-state index contributed by atoms with van der Waals surface area (Å²) in [7, 11) is -1.49. The molecule has 0 fully saturated rings. The Morgan fingerprint density at radius 2 is 1.83 bits per heavy atom. The Bertz CT molecular complexity index is 1110. The lowest BCUT2D eigenvalue weighted by Crippen LogP contribution is -2.27. The third-order valence-electron chi connectivity index (χ3n) is 4.41. The molecule has 0 spiro atoms. The molecule has 1 aliphatic heterocycles. The molecule has 0 N–H and O–H groups in total. The van der Waals surface area contributed by atoms with Gasteiger partial charge in [-0.25, -0.2) is 0 Å². The zero-order valence-corrected chi connectivity index (χ0v) is 19.3. The molecule has 30 heavy (non-hydrogen) atoms. The fraction of sp³-hybridized carbons (Fsp3) is 0.333. The minimum atomic E-state index is -1.49. The third kappa shape index (κ3) is 4.84. The molecule has 0 aliphatic carbocycles. The van der Waals surface area contributed by atoms with Crippen molar-refractivity contribution in [3.8, 4) is 34.9 Å². The first-order valence-corrected chi connectivity index (χ1v) is 13.4. The lowest BCUT2D eigenvalue weighted by Gasteiger charge is -2.24. The van der Waals surface area contributed by atoms with Crippen LogP contribution < -0.4 is 14.4 Å². The van der Waals surface area contributed by atoms with E-state index in [4.69, 9.17) is 9.47 Å². The van der Waals surface area contributed by atoms with Crippen LogP contribution in [0.15, 0.2) is 24.3 Å². The fourth-order valence-electron chi connectivity index (χ4n) is 2.98. The van der Waals surface area contributed by atoms with E-state index in [0.29, 0.717) is 30.7 Å². The van der Waals surface area contributed by atoms with Gasteiger partial charge >= 0.3 is 5.91 Å². The molecule has 5 nitrogen and oxygen atoms in total. The van der Waals surface area contributed by atoms with Crippen molar-refractivity contribution in [1.82, 2.24) is 4.98 Å². The van der Waals surface area contributed by atoms with Gasteiger partial charge in [-0.05, 0) is 62.1 Å². The lowest BCUT2D eigenvalue weighted by molar-refractivity contribution is -0.112. The van der Waals surface area contributed by atoms with E-state index in [1.54, 1.807) is 19.1 Å². The molecule has 2 heterocycles. The van der Waals surface area contributed by atoms with Crippen molar-refractivity contribution in [2.24, 2.45) is 0 Å². The highest BCUT2D eigenvalue weighted by atomic mass is 28.3. The number of pyridine rings is 1. The maximum Gasteiger partial charge on any atom is 0.308 e. The van der Waals surface area contributed by atoms with Crippen LogP contribution in [0.2, 0.25) is 19.6 Å². The topological polar surface area (TPSA) is 51.7 Å². The standard InChI is InChI=1S/C24H26N2O3Si/c1-7-8-23(27)26(22-10-9-21-24(25-22)29-13-12-28-21)20-16-17(2)19(15-18(20)3)11-14-30(4,5)6/h9-10,15-16H,12-13H2,1-6H3. The smallest absolute Gasteiger partial charge is 0.308 e. The van der Waals surface area contributed by atoms with Crippen LogP contribution >= 0.6 is 0 Å². The molecule has 6 heteroatoms. The van der Waals surface area contributed by atoms with Crippen LogP contribution in [0.1, 0.15) is 23.6 Å². The van der Waals surface area contributed by atoms with Gasteiger partial charge in [0.25, 0.3) is 5.88 Å². The number of nitrogens with zero attached hydrogens (tertiary/aromatic N) is 2. The average Bonchev–Trinajstić information content (AvgIpc) is 2.69. The van der Waals surface area contributed by atoms with Gasteiger partial charge in [0.05, 0.1) is 5.69 Å². The van der Waals surface area contributed by atoms with Crippen LogP contribution in [-0.2, 0) is 4.79 Å². The summed E-state index contributed by atoms with van der Waals surface area (Å²) in [5.74, 6) is 9.68. The molecule has 1 aromatic heterocycles. The van der Waals surface area contributed by atoms with E-state index in [0.717, 1.165) is 22.4 Å². The zero-order valence-electron chi connectivity index (χ0n) is 18.3. The van der Waals surface area contributed by atoms with Gasteiger partial charge in [0.15, 0.2) is 5.75 Å². The van der Waals surface area contributed by atoms with Gasteiger partial charge in [-0.15, -0.1) is 5.54 Å². The van der Waals surface area contributed by atoms with Gasteiger partial charge in [-0.3, -0.25) is 9.69 Å². The molecule has 2 aromatic rings. The highest BCUT2D eigenvalue weighted by Crippen LogP contribution is 2.35. The van der Waals surface area contributed by atoms with E-state index in [9.17, 15) is 4.79 Å². The Morgan fingerprint density at radius 3 is 2.53 bits per heavy atom. The van der Waals surface area contributed by atoms with Crippen molar-refractivity contribution in [2.75, 3.05) is 18.1 Å². The molecule has 0 saturated heterocycles. The molecule has 0 bridgehead atoms. The lowest BCUT2D eigenvalue weighted by atomic mass is 10.0. The Morgan fingerprint density at radius 1 is 1.10 bits per heavy atom. The van der Waals surface area contributed by atoms with Crippen LogP contribution in [0, 0.1) is 37.2 Å².